The van der Waals surface area contributed by atoms with Crippen LogP contribution in [-0.4, -0.2) is 64.4 Å². The van der Waals surface area contributed by atoms with Crippen molar-refractivity contribution >= 4 is 29.1 Å². The van der Waals surface area contributed by atoms with Crippen molar-refractivity contribution in [3.63, 3.8) is 0 Å². The highest BCUT2D eigenvalue weighted by atomic mass is 32.1. The maximum Gasteiger partial charge on any atom is 0.308 e. The highest BCUT2D eigenvalue weighted by Gasteiger charge is 2.29. The average molecular weight is 391 g/mol. The molecule has 8 nitrogen and oxygen atoms in total. The van der Waals surface area contributed by atoms with E-state index in [1.54, 1.807) is 25.6 Å². The van der Waals surface area contributed by atoms with Gasteiger partial charge in [0.2, 0.25) is 11.8 Å². The summed E-state index contributed by atoms with van der Waals surface area (Å²) in [6.07, 6.45) is 4.51. The van der Waals surface area contributed by atoms with Gasteiger partial charge in [-0.2, -0.15) is 0 Å². The van der Waals surface area contributed by atoms with E-state index in [-0.39, 0.29) is 31.3 Å². The zero-order valence-corrected chi connectivity index (χ0v) is 15.8. The summed E-state index contributed by atoms with van der Waals surface area (Å²) in [7, 11) is 1.57. The molecule has 27 heavy (non-hydrogen) atoms. The number of aromatic nitrogens is 1. The number of rotatable bonds is 6. The van der Waals surface area contributed by atoms with Gasteiger partial charge in [0, 0.05) is 31.1 Å². The number of nitrogens with zero attached hydrogens (tertiary/aromatic N) is 3. The van der Waals surface area contributed by atoms with Crippen LogP contribution in [0, 0.1) is 5.92 Å². The van der Waals surface area contributed by atoms with Gasteiger partial charge in [0.1, 0.15) is 11.3 Å². The van der Waals surface area contributed by atoms with Crippen molar-refractivity contribution in [3.8, 4) is 10.6 Å². The molecule has 1 saturated heterocycles. The topological polar surface area (TPSA) is 104 Å². The van der Waals surface area contributed by atoms with E-state index >= 15 is 0 Å². The van der Waals surface area contributed by atoms with Crippen LogP contribution in [0.25, 0.3) is 10.6 Å². The summed E-state index contributed by atoms with van der Waals surface area (Å²) in [6.45, 7) is 0.672. The molecule has 1 N–H and O–H groups in total. The Bertz CT molecular complexity index is 817. The summed E-state index contributed by atoms with van der Waals surface area (Å²) in [6, 6.07) is 1.80. The summed E-state index contributed by atoms with van der Waals surface area (Å²) < 4.78 is 5.03. The first-order chi connectivity index (χ1) is 12.9. The molecule has 1 aliphatic heterocycles. The first-order valence-corrected chi connectivity index (χ1v) is 9.53. The molecule has 2 aromatic heterocycles. The van der Waals surface area contributed by atoms with Gasteiger partial charge in [0.15, 0.2) is 0 Å². The predicted octanol–water partition coefficient (Wildman–Crippen LogP) is 1.73. The second kappa shape index (κ2) is 8.34. The van der Waals surface area contributed by atoms with E-state index in [1.165, 1.54) is 21.1 Å². The molecule has 2 amide bonds. The Hall–Kier alpha value is -2.68. The fourth-order valence-corrected chi connectivity index (χ4v) is 3.80. The molecule has 3 rings (SSSR count). The minimum absolute atomic E-state index is 0.0656. The second-order valence-electron chi connectivity index (χ2n) is 6.60. The molecule has 1 atom stereocenters. The smallest absolute Gasteiger partial charge is 0.308 e. The maximum absolute atomic E-state index is 12.4. The van der Waals surface area contributed by atoms with Crippen molar-refractivity contribution in [1.82, 2.24) is 14.8 Å². The first-order valence-electron chi connectivity index (χ1n) is 8.65. The Morgan fingerprint density at radius 3 is 2.96 bits per heavy atom. The zero-order valence-electron chi connectivity index (χ0n) is 15.0. The summed E-state index contributed by atoms with van der Waals surface area (Å²) in [5, 5.41) is 11.7. The van der Waals surface area contributed by atoms with Gasteiger partial charge in [-0.25, -0.2) is 4.98 Å². The number of furan rings is 1. The largest absolute Gasteiger partial charge is 0.481 e. The Labute approximate surface area is 160 Å². The van der Waals surface area contributed by atoms with Crippen LogP contribution < -0.4 is 0 Å². The molecule has 144 valence electrons. The molecule has 1 aliphatic rings. The SMILES string of the molecule is CN(CC(=O)N1CCCC(C(=O)O)C1)C(=O)Cc1csc(-c2ccoc2)n1. The third kappa shape index (κ3) is 4.73. The minimum Gasteiger partial charge on any atom is -0.481 e. The lowest BCUT2D eigenvalue weighted by Crippen LogP contribution is -2.47. The molecule has 9 heteroatoms. The van der Waals surface area contributed by atoms with E-state index in [0.717, 1.165) is 10.6 Å². The van der Waals surface area contributed by atoms with Crippen molar-refractivity contribution in [3.05, 3.63) is 29.7 Å². The quantitative estimate of drug-likeness (QED) is 0.804. The lowest BCUT2D eigenvalue weighted by molar-refractivity contribution is -0.147. The third-order valence-corrected chi connectivity index (χ3v) is 5.51. The number of carboxylic acid groups (broad SMARTS) is 1. The van der Waals surface area contributed by atoms with Crippen LogP contribution >= 0.6 is 11.3 Å². The number of hydrogen-bond acceptors (Lipinski definition) is 6. The van der Waals surface area contributed by atoms with Crippen molar-refractivity contribution in [2.24, 2.45) is 5.92 Å². The van der Waals surface area contributed by atoms with Crippen molar-refractivity contribution in [2.45, 2.75) is 19.3 Å². The van der Waals surface area contributed by atoms with Crippen molar-refractivity contribution in [2.75, 3.05) is 26.7 Å². The van der Waals surface area contributed by atoms with Crippen LogP contribution in [0.5, 0.6) is 0 Å². The van der Waals surface area contributed by atoms with Gasteiger partial charge < -0.3 is 19.3 Å². The summed E-state index contributed by atoms with van der Waals surface area (Å²) >= 11 is 1.43. The van der Waals surface area contributed by atoms with Gasteiger partial charge >= 0.3 is 5.97 Å². The zero-order chi connectivity index (χ0) is 19.4. The highest BCUT2D eigenvalue weighted by Crippen LogP contribution is 2.24. The lowest BCUT2D eigenvalue weighted by Gasteiger charge is -2.32. The number of likely N-dealkylation sites (tertiary alicyclic amines) is 1. The molecule has 2 aromatic rings. The number of carboxylic acids is 1. The number of piperidine rings is 1. The monoisotopic (exact) mass is 391 g/mol. The van der Waals surface area contributed by atoms with E-state index in [1.807, 2.05) is 5.38 Å². The van der Waals surface area contributed by atoms with E-state index < -0.39 is 11.9 Å². The first kappa shape index (κ1) is 19.1. The van der Waals surface area contributed by atoms with Crippen LogP contribution in [0.2, 0.25) is 0 Å². The van der Waals surface area contributed by atoms with Crippen molar-refractivity contribution in [1.29, 1.82) is 0 Å². The predicted molar refractivity (Wildman–Crippen MR) is 98.1 cm³/mol. The van der Waals surface area contributed by atoms with E-state index in [4.69, 9.17) is 9.52 Å². The van der Waals surface area contributed by atoms with E-state index in [2.05, 4.69) is 4.98 Å². The standard InChI is InChI=1S/C18H21N3O5S/c1-20(9-16(23)21-5-2-3-12(8-21)18(24)25)15(22)7-14-11-27-17(19-14)13-4-6-26-10-13/h4,6,10-12H,2-3,5,7-9H2,1H3,(H,24,25). The van der Waals surface area contributed by atoms with Gasteiger partial charge in [-0.15, -0.1) is 11.3 Å². The van der Waals surface area contributed by atoms with Crippen LogP contribution in [0.4, 0.5) is 0 Å². The fraction of sp³-hybridized carbons (Fsp3) is 0.444. The van der Waals surface area contributed by atoms with Crippen LogP contribution in [-0.2, 0) is 20.8 Å². The number of thiazole rings is 1. The average Bonchev–Trinajstić information content (AvgIpc) is 3.33. The third-order valence-electron chi connectivity index (χ3n) is 4.57. The lowest BCUT2D eigenvalue weighted by atomic mass is 9.98. The number of likely N-dealkylation sites (N-methyl/N-ethyl adjacent to an activating group) is 1. The number of carbonyl (C=O) groups excluding carboxylic acids is 2. The number of aliphatic carboxylic acids is 1. The molecular weight excluding hydrogens is 370 g/mol. The summed E-state index contributed by atoms with van der Waals surface area (Å²) in [5.74, 6) is -1.85. The van der Waals surface area contributed by atoms with Crippen LogP contribution in [0.15, 0.2) is 28.4 Å². The highest BCUT2D eigenvalue weighted by molar-refractivity contribution is 7.13. The molecule has 0 aliphatic carbocycles. The van der Waals surface area contributed by atoms with Crippen LogP contribution in [0.1, 0.15) is 18.5 Å². The van der Waals surface area contributed by atoms with E-state index in [9.17, 15) is 14.4 Å². The molecule has 0 bridgehead atoms. The Morgan fingerprint density at radius 1 is 1.44 bits per heavy atom. The molecule has 3 heterocycles. The Morgan fingerprint density at radius 2 is 2.26 bits per heavy atom. The van der Waals surface area contributed by atoms with Gasteiger partial charge in [-0.3, -0.25) is 14.4 Å². The van der Waals surface area contributed by atoms with Gasteiger partial charge in [0.05, 0.1) is 30.8 Å². The molecule has 1 fully saturated rings. The van der Waals surface area contributed by atoms with Crippen molar-refractivity contribution < 1.29 is 23.9 Å². The fourth-order valence-electron chi connectivity index (χ4n) is 2.99. The molecule has 1 unspecified atom stereocenters. The second-order valence-corrected chi connectivity index (χ2v) is 7.46. The Kier molecular flexibility index (Phi) is 5.90. The van der Waals surface area contributed by atoms with E-state index in [0.29, 0.717) is 25.1 Å². The Balaban J connectivity index is 1.53. The molecule has 0 saturated carbocycles. The molecule has 0 spiro atoms. The summed E-state index contributed by atoms with van der Waals surface area (Å²) in [4.78, 5) is 43.3. The molecule has 0 aromatic carbocycles. The normalized spacial score (nSPS) is 16.9. The minimum atomic E-state index is -0.881. The van der Waals surface area contributed by atoms with Gasteiger partial charge in [-0.1, -0.05) is 0 Å². The maximum atomic E-state index is 12.4. The number of hydrogen-bond donors (Lipinski definition) is 1. The summed E-state index contributed by atoms with van der Waals surface area (Å²) in [5.41, 5.74) is 1.50. The number of carbonyl (C=O) groups is 3. The number of amides is 2. The molecular formula is C18H21N3O5S. The van der Waals surface area contributed by atoms with Gasteiger partial charge in [-0.05, 0) is 18.9 Å². The van der Waals surface area contributed by atoms with Crippen LogP contribution in [0.3, 0.4) is 0 Å². The van der Waals surface area contributed by atoms with Gasteiger partial charge in [0.25, 0.3) is 0 Å². The molecule has 0 radical (unpaired) electrons.